The molecule has 2 atom stereocenters. The van der Waals surface area contributed by atoms with Crippen LogP contribution in [0.4, 0.5) is 0 Å². The maximum Gasteiger partial charge on any atom is 0.0737 e. The fraction of sp³-hybridized carbons (Fsp3) is 0.643. The zero-order valence-corrected chi connectivity index (χ0v) is 12.5. The maximum absolute atomic E-state index is 10.8. The number of rotatable bonds is 3. The standard InChI is InChI=1S/C14H20BrNO2/c1-3-13(2)10-14(17,4-5-18-13)7-11-6-12(15)9-16-8-11/h6,8-9,17H,3-5,7,10H2,1-2H3. The average molecular weight is 314 g/mol. The van der Waals surface area contributed by atoms with Crippen LogP contribution in [0.25, 0.3) is 0 Å². The third-order valence-corrected chi connectivity index (χ3v) is 4.20. The van der Waals surface area contributed by atoms with E-state index in [1.54, 1.807) is 6.20 Å². The van der Waals surface area contributed by atoms with E-state index in [0.717, 1.165) is 16.5 Å². The van der Waals surface area contributed by atoms with Crippen LogP contribution in [0.1, 0.15) is 38.7 Å². The molecule has 2 unspecified atom stereocenters. The number of aromatic nitrogens is 1. The van der Waals surface area contributed by atoms with Crippen molar-refractivity contribution in [3.8, 4) is 0 Å². The second-order valence-corrected chi connectivity index (χ2v) is 6.41. The van der Waals surface area contributed by atoms with Gasteiger partial charge in [-0.05, 0) is 47.3 Å². The van der Waals surface area contributed by atoms with Gasteiger partial charge in [0, 0.05) is 29.7 Å². The van der Waals surface area contributed by atoms with Crippen LogP contribution >= 0.6 is 15.9 Å². The van der Waals surface area contributed by atoms with Crippen LogP contribution in [0.3, 0.4) is 0 Å². The van der Waals surface area contributed by atoms with Gasteiger partial charge in [-0.15, -0.1) is 0 Å². The normalized spacial score (nSPS) is 32.4. The first-order valence-corrected chi connectivity index (χ1v) is 7.20. The number of ether oxygens (including phenoxy) is 1. The Hall–Kier alpha value is -0.450. The lowest BCUT2D eigenvalue weighted by Gasteiger charge is -2.43. The van der Waals surface area contributed by atoms with Crippen LogP contribution in [-0.4, -0.2) is 27.9 Å². The molecule has 1 saturated heterocycles. The zero-order valence-electron chi connectivity index (χ0n) is 10.9. The fourth-order valence-corrected chi connectivity index (χ4v) is 3.05. The van der Waals surface area contributed by atoms with Gasteiger partial charge in [0.1, 0.15) is 0 Å². The first kappa shape index (κ1) is 14.0. The molecule has 1 aliphatic rings. The summed E-state index contributed by atoms with van der Waals surface area (Å²) in [5, 5.41) is 10.8. The van der Waals surface area contributed by atoms with E-state index in [2.05, 4.69) is 34.8 Å². The lowest BCUT2D eigenvalue weighted by molar-refractivity contribution is -0.152. The van der Waals surface area contributed by atoms with Crippen LogP contribution in [0.2, 0.25) is 0 Å². The molecule has 0 amide bonds. The minimum Gasteiger partial charge on any atom is -0.389 e. The predicted octanol–water partition coefficient (Wildman–Crippen LogP) is 3.10. The van der Waals surface area contributed by atoms with Gasteiger partial charge in [0.2, 0.25) is 0 Å². The van der Waals surface area contributed by atoms with Crippen LogP contribution in [0.15, 0.2) is 22.9 Å². The van der Waals surface area contributed by atoms with Gasteiger partial charge in [0.05, 0.1) is 17.8 Å². The molecule has 2 heterocycles. The summed E-state index contributed by atoms with van der Waals surface area (Å²) in [5.41, 5.74) is 0.185. The summed E-state index contributed by atoms with van der Waals surface area (Å²) < 4.78 is 6.74. The molecule has 1 aliphatic heterocycles. The molecule has 0 aliphatic carbocycles. The third-order valence-electron chi connectivity index (χ3n) is 3.76. The van der Waals surface area contributed by atoms with E-state index in [-0.39, 0.29) is 5.60 Å². The van der Waals surface area contributed by atoms with Gasteiger partial charge in [-0.25, -0.2) is 0 Å². The summed E-state index contributed by atoms with van der Waals surface area (Å²) in [4.78, 5) is 4.15. The second-order valence-electron chi connectivity index (χ2n) is 5.49. The highest BCUT2D eigenvalue weighted by molar-refractivity contribution is 9.10. The summed E-state index contributed by atoms with van der Waals surface area (Å²) in [7, 11) is 0. The molecule has 1 fully saturated rings. The van der Waals surface area contributed by atoms with E-state index in [4.69, 9.17) is 4.74 Å². The molecule has 3 nitrogen and oxygen atoms in total. The van der Waals surface area contributed by atoms with Crippen molar-refractivity contribution in [2.45, 2.75) is 50.7 Å². The van der Waals surface area contributed by atoms with Crippen molar-refractivity contribution < 1.29 is 9.84 Å². The minimum atomic E-state index is -0.675. The largest absolute Gasteiger partial charge is 0.389 e. The highest BCUT2D eigenvalue weighted by atomic mass is 79.9. The van der Waals surface area contributed by atoms with Gasteiger partial charge in [-0.1, -0.05) is 6.92 Å². The number of pyridine rings is 1. The van der Waals surface area contributed by atoms with Crippen molar-refractivity contribution >= 4 is 15.9 Å². The van der Waals surface area contributed by atoms with Crippen molar-refractivity contribution in [2.75, 3.05) is 6.61 Å². The number of nitrogens with zero attached hydrogens (tertiary/aromatic N) is 1. The van der Waals surface area contributed by atoms with Crippen LogP contribution in [0, 0.1) is 0 Å². The van der Waals surface area contributed by atoms with E-state index >= 15 is 0 Å². The number of aliphatic hydroxyl groups is 1. The van der Waals surface area contributed by atoms with Crippen molar-refractivity contribution in [3.63, 3.8) is 0 Å². The minimum absolute atomic E-state index is 0.202. The summed E-state index contributed by atoms with van der Waals surface area (Å²) in [6, 6.07) is 2.02. The van der Waals surface area contributed by atoms with E-state index in [1.165, 1.54) is 0 Å². The number of hydrogen-bond donors (Lipinski definition) is 1. The zero-order chi connectivity index (χ0) is 13.2. The predicted molar refractivity (Wildman–Crippen MR) is 74.5 cm³/mol. The molecular formula is C14H20BrNO2. The molecule has 1 aromatic heterocycles. The fourth-order valence-electron chi connectivity index (χ4n) is 2.63. The molecule has 0 bridgehead atoms. The van der Waals surface area contributed by atoms with Crippen molar-refractivity contribution in [1.82, 2.24) is 4.98 Å². The van der Waals surface area contributed by atoms with Crippen molar-refractivity contribution in [3.05, 3.63) is 28.5 Å². The Labute approximate surface area is 117 Å². The molecule has 4 heteroatoms. The smallest absolute Gasteiger partial charge is 0.0737 e. The van der Waals surface area contributed by atoms with Crippen LogP contribution in [0.5, 0.6) is 0 Å². The molecule has 0 saturated carbocycles. The van der Waals surface area contributed by atoms with E-state index < -0.39 is 5.60 Å². The van der Waals surface area contributed by atoms with Gasteiger partial charge < -0.3 is 9.84 Å². The summed E-state index contributed by atoms with van der Waals surface area (Å²) >= 11 is 3.41. The Balaban J connectivity index is 2.12. The molecule has 1 aromatic rings. The molecule has 100 valence electrons. The van der Waals surface area contributed by atoms with E-state index in [9.17, 15) is 5.11 Å². The van der Waals surface area contributed by atoms with Gasteiger partial charge in [-0.2, -0.15) is 0 Å². The summed E-state index contributed by atoms with van der Waals surface area (Å²) in [6.07, 6.45) is 6.51. The van der Waals surface area contributed by atoms with Crippen LogP contribution in [-0.2, 0) is 11.2 Å². The van der Waals surface area contributed by atoms with Gasteiger partial charge in [0.15, 0.2) is 0 Å². The lowest BCUT2D eigenvalue weighted by atomic mass is 9.78. The molecule has 0 radical (unpaired) electrons. The highest BCUT2D eigenvalue weighted by Crippen LogP contribution is 2.36. The average Bonchev–Trinajstić information content (AvgIpc) is 2.28. The Kier molecular flexibility index (Phi) is 4.09. The van der Waals surface area contributed by atoms with Gasteiger partial charge in [-0.3, -0.25) is 4.98 Å². The van der Waals surface area contributed by atoms with Crippen molar-refractivity contribution in [1.29, 1.82) is 0 Å². The Morgan fingerprint density at radius 2 is 2.28 bits per heavy atom. The van der Waals surface area contributed by atoms with Gasteiger partial charge in [0.25, 0.3) is 0 Å². The first-order valence-electron chi connectivity index (χ1n) is 6.40. The molecular weight excluding hydrogens is 294 g/mol. The molecule has 0 spiro atoms. The highest BCUT2D eigenvalue weighted by Gasteiger charge is 2.41. The Morgan fingerprint density at radius 1 is 1.50 bits per heavy atom. The molecule has 1 N–H and O–H groups in total. The van der Waals surface area contributed by atoms with Crippen LogP contribution < -0.4 is 0 Å². The quantitative estimate of drug-likeness (QED) is 0.932. The summed E-state index contributed by atoms with van der Waals surface area (Å²) in [5.74, 6) is 0. The number of halogens is 1. The Morgan fingerprint density at radius 3 is 2.94 bits per heavy atom. The first-order chi connectivity index (χ1) is 8.45. The molecule has 0 aromatic carbocycles. The van der Waals surface area contributed by atoms with E-state index in [1.807, 2.05) is 12.3 Å². The molecule has 18 heavy (non-hydrogen) atoms. The lowest BCUT2D eigenvalue weighted by Crippen LogP contribution is -2.48. The number of hydrogen-bond acceptors (Lipinski definition) is 3. The van der Waals surface area contributed by atoms with E-state index in [0.29, 0.717) is 25.9 Å². The Bertz CT molecular complexity index is 426. The van der Waals surface area contributed by atoms with Crippen molar-refractivity contribution in [2.24, 2.45) is 0 Å². The second kappa shape index (κ2) is 5.27. The third kappa shape index (κ3) is 3.31. The molecule has 2 rings (SSSR count). The maximum atomic E-state index is 10.8. The SMILES string of the molecule is CCC1(C)CC(O)(Cc2cncc(Br)c2)CCO1. The van der Waals surface area contributed by atoms with Gasteiger partial charge >= 0.3 is 0 Å². The topological polar surface area (TPSA) is 42.4 Å². The summed E-state index contributed by atoms with van der Waals surface area (Å²) in [6.45, 7) is 4.81. The monoisotopic (exact) mass is 313 g/mol.